The van der Waals surface area contributed by atoms with Crippen molar-refractivity contribution in [1.82, 2.24) is 5.32 Å². The molecule has 0 unspecified atom stereocenters. The van der Waals surface area contributed by atoms with Crippen LogP contribution in [0.2, 0.25) is 0 Å². The fraction of sp³-hybridized carbons (Fsp3) is 0.333. The zero-order valence-electron chi connectivity index (χ0n) is 12.1. The quantitative estimate of drug-likeness (QED) is 0.787. The average molecular weight is 303 g/mol. The molecule has 0 saturated carbocycles. The molecule has 7 heteroatoms. The van der Waals surface area contributed by atoms with E-state index in [9.17, 15) is 9.59 Å². The summed E-state index contributed by atoms with van der Waals surface area (Å²) in [5.74, 6) is -0.399. The van der Waals surface area contributed by atoms with Crippen LogP contribution in [0.25, 0.3) is 11.0 Å². The van der Waals surface area contributed by atoms with Gasteiger partial charge >= 0.3 is 0 Å². The van der Waals surface area contributed by atoms with Crippen molar-refractivity contribution in [3.63, 3.8) is 0 Å². The number of anilines is 1. The summed E-state index contributed by atoms with van der Waals surface area (Å²) < 4.78 is 10.6. The molecular weight excluding hydrogens is 286 g/mol. The summed E-state index contributed by atoms with van der Waals surface area (Å²) in [7, 11) is 1.54. The van der Waals surface area contributed by atoms with E-state index in [4.69, 9.17) is 14.9 Å². The molecule has 0 radical (unpaired) electrons. The van der Waals surface area contributed by atoms with Gasteiger partial charge in [0.05, 0.1) is 13.2 Å². The number of primary amides is 1. The number of rotatable bonds is 4. The van der Waals surface area contributed by atoms with Crippen molar-refractivity contribution in [2.75, 3.05) is 19.0 Å². The molecule has 1 saturated heterocycles. The molecule has 1 atom stereocenters. The summed E-state index contributed by atoms with van der Waals surface area (Å²) in [6, 6.07) is 4.81. The first-order chi connectivity index (χ1) is 10.6. The van der Waals surface area contributed by atoms with Crippen molar-refractivity contribution in [2.24, 2.45) is 5.73 Å². The highest BCUT2D eigenvalue weighted by molar-refractivity contribution is 6.11. The van der Waals surface area contributed by atoms with Crippen LogP contribution in [0.3, 0.4) is 0 Å². The lowest BCUT2D eigenvalue weighted by molar-refractivity contribution is -0.117. The van der Waals surface area contributed by atoms with E-state index in [1.165, 1.54) is 7.11 Å². The van der Waals surface area contributed by atoms with Gasteiger partial charge in [-0.3, -0.25) is 9.59 Å². The molecule has 2 heterocycles. The Balaban J connectivity index is 2.02. The van der Waals surface area contributed by atoms with Crippen molar-refractivity contribution in [2.45, 2.75) is 18.9 Å². The number of carbonyl (C=O) groups is 2. The summed E-state index contributed by atoms with van der Waals surface area (Å²) in [4.78, 5) is 23.9. The molecule has 4 N–H and O–H groups in total. The predicted molar refractivity (Wildman–Crippen MR) is 80.9 cm³/mol. The number of ether oxygens (including phenoxy) is 1. The lowest BCUT2D eigenvalue weighted by atomic mass is 10.1. The molecule has 1 aromatic carbocycles. The number of nitrogens with two attached hydrogens (primary N) is 1. The Morgan fingerprint density at radius 3 is 2.91 bits per heavy atom. The highest BCUT2D eigenvalue weighted by atomic mass is 16.5. The summed E-state index contributed by atoms with van der Waals surface area (Å²) in [5.41, 5.74) is 6.10. The highest BCUT2D eigenvalue weighted by Crippen LogP contribution is 2.33. The molecule has 22 heavy (non-hydrogen) atoms. The van der Waals surface area contributed by atoms with Gasteiger partial charge in [-0.2, -0.15) is 0 Å². The summed E-state index contributed by atoms with van der Waals surface area (Å²) in [6.07, 6.45) is 1.71. The molecule has 0 bridgehead atoms. The molecule has 1 aromatic heterocycles. The summed E-state index contributed by atoms with van der Waals surface area (Å²) in [6.45, 7) is 0.806. The Labute approximate surface area is 126 Å². The molecule has 1 aliphatic heterocycles. The van der Waals surface area contributed by atoms with Crippen molar-refractivity contribution in [1.29, 1.82) is 0 Å². The Hall–Kier alpha value is -2.54. The molecule has 7 nitrogen and oxygen atoms in total. The Morgan fingerprint density at radius 2 is 2.27 bits per heavy atom. The van der Waals surface area contributed by atoms with Crippen molar-refractivity contribution in [3.05, 3.63) is 24.0 Å². The number of fused-ring (bicyclic) bond motifs is 1. The van der Waals surface area contributed by atoms with Gasteiger partial charge in [-0.25, -0.2) is 0 Å². The van der Waals surface area contributed by atoms with E-state index in [0.717, 1.165) is 19.4 Å². The molecular formula is C15H17N3O4. The molecule has 2 amide bonds. The Kier molecular flexibility index (Phi) is 3.72. The number of hydrogen-bond donors (Lipinski definition) is 3. The van der Waals surface area contributed by atoms with Gasteiger partial charge in [0.25, 0.3) is 5.91 Å². The zero-order valence-corrected chi connectivity index (χ0v) is 12.1. The minimum atomic E-state index is -0.732. The highest BCUT2D eigenvalue weighted by Gasteiger charge is 2.26. The van der Waals surface area contributed by atoms with Crippen molar-refractivity contribution < 1.29 is 18.7 Å². The first-order valence-corrected chi connectivity index (χ1v) is 7.04. The van der Waals surface area contributed by atoms with Crippen molar-refractivity contribution in [3.8, 4) is 5.75 Å². The number of hydrogen-bond acceptors (Lipinski definition) is 5. The third-order valence-corrected chi connectivity index (χ3v) is 3.74. The first-order valence-electron chi connectivity index (χ1n) is 7.04. The normalized spacial score (nSPS) is 17.6. The van der Waals surface area contributed by atoms with Gasteiger partial charge in [-0.15, -0.1) is 0 Å². The van der Waals surface area contributed by atoms with E-state index in [2.05, 4.69) is 10.6 Å². The lowest BCUT2D eigenvalue weighted by Gasteiger charge is -2.11. The lowest BCUT2D eigenvalue weighted by Crippen LogP contribution is -2.35. The van der Waals surface area contributed by atoms with E-state index < -0.39 is 5.91 Å². The predicted octanol–water partition coefficient (Wildman–Crippen LogP) is 1.23. The van der Waals surface area contributed by atoms with Crippen LogP contribution in [-0.4, -0.2) is 31.5 Å². The van der Waals surface area contributed by atoms with Gasteiger partial charge in [-0.05, 0) is 37.6 Å². The van der Waals surface area contributed by atoms with Crippen LogP contribution in [0.15, 0.2) is 22.6 Å². The third kappa shape index (κ3) is 2.50. The van der Waals surface area contributed by atoms with Gasteiger partial charge in [0.15, 0.2) is 0 Å². The van der Waals surface area contributed by atoms with E-state index in [1.807, 2.05) is 0 Å². The molecule has 0 spiro atoms. The Bertz CT molecular complexity index is 732. The second-order valence-corrected chi connectivity index (χ2v) is 5.17. The SMILES string of the molecule is COc1ccc2oc(C(N)=O)c(NC(=O)[C@H]3CCCN3)c2c1. The molecule has 116 valence electrons. The number of benzene rings is 1. The smallest absolute Gasteiger partial charge is 0.286 e. The van der Waals surface area contributed by atoms with E-state index in [0.29, 0.717) is 22.4 Å². The monoisotopic (exact) mass is 303 g/mol. The van der Waals surface area contributed by atoms with Crippen LogP contribution >= 0.6 is 0 Å². The number of nitrogens with one attached hydrogen (secondary N) is 2. The number of amides is 2. The van der Waals surface area contributed by atoms with Gasteiger partial charge < -0.3 is 25.5 Å². The van der Waals surface area contributed by atoms with Crippen LogP contribution in [-0.2, 0) is 4.79 Å². The Morgan fingerprint density at radius 1 is 1.45 bits per heavy atom. The van der Waals surface area contributed by atoms with E-state index in [1.54, 1.807) is 18.2 Å². The summed E-state index contributed by atoms with van der Waals surface area (Å²) in [5, 5.41) is 6.44. The summed E-state index contributed by atoms with van der Waals surface area (Å²) >= 11 is 0. The number of methoxy groups -OCH3 is 1. The topological polar surface area (TPSA) is 107 Å². The zero-order chi connectivity index (χ0) is 15.7. The molecule has 2 aromatic rings. The fourth-order valence-corrected chi connectivity index (χ4v) is 2.62. The molecule has 1 fully saturated rings. The van der Waals surface area contributed by atoms with Crippen LogP contribution in [0, 0.1) is 0 Å². The maximum Gasteiger partial charge on any atom is 0.286 e. The second kappa shape index (κ2) is 5.69. The van der Waals surface area contributed by atoms with Gasteiger partial charge in [-0.1, -0.05) is 0 Å². The maximum absolute atomic E-state index is 12.3. The second-order valence-electron chi connectivity index (χ2n) is 5.17. The van der Waals surface area contributed by atoms with Gasteiger partial charge in [0, 0.05) is 5.39 Å². The number of furan rings is 1. The van der Waals surface area contributed by atoms with Gasteiger partial charge in [0.2, 0.25) is 11.7 Å². The molecule has 1 aliphatic rings. The third-order valence-electron chi connectivity index (χ3n) is 3.74. The van der Waals surface area contributed by atoms with Crippen LogP contribution < -0.4 is 21.1 Å². The van der Waals surface area contributed by atoms with E-state index >= 15 is 0 Å². The van der Waals surface area contributed by atoms with E-state index in [-0.39, 0.29) is 17.7 Å². The van der Waals surface area contributed by atoms with Gasteiger partial charge in [0.1, 0.15) is 17.0 Å². The fourth-order valence-electron chi connectivity index (χ4n) is 2.62. The first kappa shape index (κ1) is 14.4. The minimum absolute atomic E-state index is 0.0606. The maximum atomic E-state index is 12.3. The standard InChI is InChI=1S/C15H17N3O4/c1-21-8-4-5-11-9(7-8)12(13(22-11)14(16)19)18-15(20)10-3-2-6-17-10/h4-5,7,10,17H,2-3,6H2,1H3,(H2,16,19)(H,18,20)/t10-/m1/s1. The van der Waals surface area contributed by atoms with Crippen LogP contribution in [0.1, 0.15) is 23.4 Å². The minimum Gasteiger partial charge on any atom is -0.497 e. The van der Waals surface area contributed by atoms with Crippen LogP contribution in [0.5, 0.6) is 5.75 Å². The van der Waals surface area contributed by atoms with Crippen molar-refractivity contribution >= 4 is 28.5 Å². The largest absolute Gasteiger partial charge is 0.497 e. The molecule has 3 rings (SSSR count). The molecule has 0 aliphatic carbocycles. The number of carbonyl (C=O) groups excluding carboxylic acids is 2. The van der Waals surface area contributed by atoms with Crippen LogP contribution in [0.4, 0.5) is 5.69 Å². The average Bonchev–Trinajstić information content (AvgIpc) is 3.14.